The molecule has 31 heavy (non-hydrogen) atoms. The first-order valence-corrected chi connectivity index (χ1v) is 12.4. The number of carbonyl (C=O) groups excluding carboxylic acids is 2. The van der Waals surface area contributed by atoms with E-state index in [4.69, 9.17) is 9.84 Å². The van der Waals surface area contributed by atoms with Crippen LogP contribution in [0.1, 0.15) is 98.8 Å². The van der Waals surface area contributed by atoms with Crippen molar-refractivity contribution in [3.63, 3.8) is 0 Å². The molecule has 0 atom stereocenters. The van der Waals surface area contributed by atoms with Crippen molar-refractivity contribution >= 4 is 11.9 Å². The van der Waals surface area contributed by atoms with Gasteiger partial charge >= 0.3 is 6.03 Å². The average Bonchev–Trinajstić information content (AvgIpc) is 2.97. The van der Waals surface area contributed by atoms with Gasteiger partial charge in [0.25, 0.3) is 0 Å². The van der Waals surface area contributed by atoms with Crippen molar-refractivity contribution in [2.45, 2.75) is 98.8 Å². The summed E-state index contributed by atoms with van der Waals surface area (Å²) in [5.41, 5.74) is 0.311. The third-order valence-corrected chi connectivity index (χ3v) is 6.39. The monoisotopic (exact) mass is 440 g/mol. The number of hydrogen-bond acceptors (Lipinski definition) is 4. The van der Waals surface area contributed by atoms with E-state index < -0.39 is 0 Å². The third kappa shape index (κ3) is 11.3. The van der Waals surface area contributed by atoms with Gasteiger partial charge < -0.3 is 14.7 Å². The highest BCUT2D eigenvalue weighted by Crippen LogP contribution is 2.30. The smallest absolute Gasteiger partial charge is 0.327 e. The second-order valence-corrected chi connectivity index (χ2v) is 10.7. The lowest BCUT2D eigenvalue weighted by molar-refractivity contribution is -0.126. The first kappa shape index (κ1) is 27.9. The average molecular weight is 441 g/mol. The fourth-order valence-electron chi connectivity index (χ4n) is 4.24. The number of aliphatic hydroxyl groups excluding tert-OH is 1. The molecule has 1 rings (SSSR count). The largest absolute Gasteiger partial charge is 0.396 e. The molecule has 0 radical (unpaired) electrons. The Morgan fingerprint density at radius 1 is 0.839 bits per heavy atom. The fraction of sp³-hybridized carbons (Fsp3) is 0.920. The Bertz CT molecular complexity index is 534. The Morgan fingerprint density at radius 2 is 1.39 bits per heavy atom. The molecular weight excluding hydrogens is 392 g/mol. The van der Waals surface area contributed by atoms with Crippen molar-refractivity contribution in [1.82, 2.24) is 9.80 Å². The summed E-state index contributed by atoms with van der Waals surface area (Å²) in [7, 11) is 0. The lowest BCUT2D eigenvalue weighted by Gasteiger charge is -2.29. The van der Waals surface area contributed by atoms with Crippen molar-refractivity contribution in [3.05, 3.63) is 0 Å². The Hall–Kier alpha value is -1.14. The molecular formula is C25H48N2O4. The highest BCUT2D eigenvalue weighted by atomic mass is 16.5. The molecule has 0 aromatic rings. The maximum Gasteiger partial charge on any atom is 0.327 e. The Morgan fingerprint density at radius 3 is 1.90 bits per heavy atom. The molecule has 0 saturated carbocycles. The van der Waals surface area contributed by atoms with Gasteiger partial charge in [-0.2, -0.15) is 0 Å². The van der Waals surface area contributed by atoms with Gasteiger partial charge in [-0.15, -0.1) is 0 Å². The SMILES string of the molecule is CCN1CC(=O)N(CC(C)(C)CCCCOCCCCC(C)(C)CCCCCO)C1=O. The first-order valence-electron chi connectivity index (χ1n) is 12.4. The highest BCUT2D eigenvalue weighted by Gasteiger charge is 2.37. The third-order valence-electron chi connectivity index (χ3n) is 6.39. The van der Waals surface area contributed by atoms with Crippen LogP contribution in [-0.2, 0) is 9.53 Å². The van der Waals surface area contributed by atoms with E-state index in [0.29, 0.717) is 25.1 Å². The van der Waals surface area contributed by atoms with E-state index >= 15 is 0 Å². The second kappa shape index (κ2) is 14.1. The lowest BCUT2D eigenvalue weighted by Crippen LogP contribution is -2.39. The summed E-state index contributed by atoms with van der Waals surface area (Å²) in [5.74, 6) is -0.0726. The van der Waals surface area contributed by atoms with Crippen LogP contribution in [-0.4, -0.2) is 66.3 Å². The molecule has 182 valence electrons. The van der Waals surface area contributed by atoms with Crippen LogP contribution in [0.15, 0.2) is 0 Å². The predicted octanol–water partition coefficient (Wildman–Crippen LogP) is 5.23. The van der Waals surface area contributed by atoms with Crippen molar-refractivity contribution in [2.24, 2.45) is 10.8 Å². The van der Waals surface area contributed by atoms with Crippen LogP contribution in [0.3, 0.4) is 0 Å². The molecule has 0 spiro atoms. The van der Waals surface area contributed by atoms with Crippen LogP contribution < -0.4 is 0 Å². The molecule has 0 aromatic carbocycles. The number of unbranched alkanes of at least 4 members (excludes halogenated alkanes) is 4. The Kier molecular flexibility index (Phi) is 12.7. The summed E-state index contributed by atoms with van der Waals surface area (Å²) in [6, 6.07) is -0.141. The summed E-state index contributed by atoms with van der Waals surface area (Å²) in [5, 5.41) is 8.87. The minimum Gasteiger partial charge on any atom is -0.396 e. The lowest BCUT2D eigenvalue weighted by atomic mass is 9.82. The van der Waals surface area contributed by atoms with Crippen molar-refractivity contribution in [3.8, 4) is 0 Å². The topological polar surface area (TPSA) is 70.1 Å². The van der Waals surface area contributed by atoms with Crippen LogP contribution in [0.5, 0.6) is 0 Å². The number of likely N-dealkylation sites (N-methyl/N-ethyl adjacent to an activating group) is 1. The number of amides is 3. The van der Waals surface area contributed by atoms with Gasteiger partial charge in [-0.3, -0.25) is 9.69 Å². The zero-order valence-corrected chi connectivity index (χ0v) is 20.9. The van der Waals surface area contributed by atoms with E-state index in [2.05, 4.69) is 27.7 Å². The van der Waals surface area contributed by atoms with Crippen molar-refractivity contribution < 1.29 is 19.4 Å². The summed E-state index contributed by atoms with van der Waals surface area (Å²) in [4.78, 5) is 27.4. The summed E-state index contributed by atoms with van der Waals surface area (Å²) < 4.78 is 5.82. The van der Waals surface area contributed by atoms with Crippen LogP contribution >= 0.6 is 0 Å². The second-order valence-electron chi connectivity index (χ2n) is 10.7. The van der Waals surface area contributed by atoms with Crippen molar-refractivity contribution in [1.29, 1.82) is 0 Å². The molecule has 1 N–H and O–H groups in total. The molecule has 0 unspecified atom stereocenters. The van der Waals surface area contributed by atoms with Gasteiger partial charge in [-0.05, 0) is 56.3 Å². The summed E-state index contributed by atoms with van der Waals surface area (Å²) in [6.07, 6.45) is 11.1. The number of carbonyl (C=O) groups is 2. The van der Waals surface area contributed by atoms with E-state index in [1.54, 1.807) is 4.90 Å². The molecule has 1 heterocycles. The van der Waals surface area contributed by atoms with E-state index in [9.17, 15) is 9.59 Å². The number of ether oxygens (including phenoxy) is 1. The molecule has 0 aromatic heterocycles. The minimum atomic E-state index is -0.141. The number of rotatable bonds is 18. The quantitative estimate of drug-likeness (QED) is 0.234. The molecule has 1 fully saturated rings. The number of imide groups is 1. The number of hydrogen-bond donors (Lipinski definition) is 1. The number of aliphatic hydroxyl groups is 1. The van der Waals surface area contributed by atoms with Gasteiger partial charge in [0.1, 0.15) is 6.54 Å². The molecule has 0 aliphatic carbocycles. The zero-order chi connectivity index (χ0) is 23.3. The number of urea groups is 1. The van der Waals surface area contributed by atoms with Gasteiger partial charge in [0, 0.05) is 32.9 Å². The Labute approximate surface area is 190 Å². The van der Waals surface area contributed by atoms with Gasteiger partial charge in [0.05, 0.1) is 0 Å². The van der Waals surface area contributed by atoms with Crippen LogP contribution in [0.25, 0.3) is 0 Å². The van der Waals surface area contributed by atoms with E-state index in [1.165, 1.54) is 30.6 Å². The van der Waals surface area contributed by atoms with Gasteiger partial charge in [0.2, 0.25) is 5.91 Å². The standard InChI is InChI=1S/C25H48N2O4/c1-6-26-20-22(29)27(23(26)30)21-25(4,5)16-10-13-19-31-18-12-9-15-24(2,3)14-8-7-11-17-28/h28H,6-21H2,1-5H3. The zero-order valence-electron chi connectivity index (χ0n) is 20.9. The molecule has 0 bridgehead atoms. The molecule has 3 amide bonds. The predicted molar refractivity (Wildman–Crippen MR) is 126 cm³/mol. The van der Waals surface area contributed by atoms with Gasteiger partial charge in [-0.25, -0.2) is 4.79 Å². The van der Waals surface area contributed by atoms with E-state index in [0.717, 1.165) is 51.7 Å². The van der Waals surface area contributed by atoms with Gasteiger partial charge in [0.15, 0.2) is 0 Å². The molecule has 1 saturated heterocycles. The molecule has 6 nitrogen and oxygen atoms in total. The fourth-order valence-corrected chi connectivity index (χ4v) is 4.24. The minimum absolute atomic E-state index is 0.0716. The van der Waals surface area contributed by atoms with Gasteiger partial charge in [-0.1, -0.05) is 53.4 Å². The molecule has 1 aliphatic heterocycles. The maximum absolute atomic E-state index is 12.3. The van der Waals surface area contributed by atoms with Crippen molar-refractivity contribution in [2.75, 3.05) is 39.5 Å². The normalized spacial score (nSPS) is 15.4. The van der Waals surface area contributed by atoms with Crippen LogP contribution in [0.2, 0.25) is 0 Å². The maximum atomic E-state index is 12.3. The highest BCUT2D eigenvalue weighted by molar-refractivity contribution is 6.02. The van der Waals surface area contributed by atoms with E-state index in [-0.39, 0.29) is 23.9 Å². The summed E-state index contributed by atoms with van der Waals surface area (Å²) in [6.45, 7) is 14.1. The van der Waals surface area contributed by atoms with E-state index in [1.807, 2.05) is 6.92 Å². The Balaban J connectivity index is 2.07. The molecule has 1 aliphatic rings. The van der Waals surface area contributed by atoms with Crippen LogP contribution in [0.4, 0.5) is 4.79 Å². The number of nitrogens with zero attached hydrogens (tertiary/aromatic N) is 2. The first-order chi connectivity index (χ1) is 14.6. The summed E-state index contributed by atoms with van der Waals surface area (Å²) >= 11 is 0. The van der Waals surface area contributed by atoms with Crippen LogP contribution in [0, 0.1) is 10.8 Å². The molecule has 6 heteroatoms.